The summed E-state index contributed by atoms with van der Waals surface area (Å²) in [7, 11) is 0. The van der Waals surface area contributed by atoms with Crippen molar-refractivity contribution < 1.29 is 53.6 Å². The summed E-state index contributed by atoms with van der Waals surface area (Å²) in [6.07, 6.45) is 6.95. The number of ether oxygens (including phenoxy) is 6. The molecule has 302 valence electrons. The van der Waals surface area contributed by atoms with Crippen molar-refractivity contribution in [2.75, 3.05) is 6.54 Å². The molecule has 3 fully saturated rings. The minimum absolute atomic E-state index is 0.0186. The average Bonchev–Trinajstić information content (AvgIpc) is 3.14. The Hall–Kier alpha value is -2.81. The Morgan fingerprint density at radius 2 is 1.15 bits per heavy atom. The highest BCUT2D eigenvalue weighted by atomic mass is 16.7. The summed E-state index contributed by atoms with van der Waals surface area (Å²) in [5.41, 5.74) is 1.21. The van der Waals surface area contributed by atoms with Crippen LogP contribution in [0.1, 0.15) is 134 Å². The molecule has 2 aromatic carbocycles. The van der Waals surface area contributed by atoms with Gasteiger partial charge in [0.05, 0.1) is 55.4 Å². The minimum Gasteiger partial charge on any atom is -0.507 e. The highest BCUT2D eigenvalue weighted by molar-refractivity contribution is 5.72. The molecule has 0 bridgehead atoms. The lowest BCUT2D eigenvalue weighted by atomic mass is 9.95. The van der Waals surface area contributed by atoms with E-state index in [0.29, 0.717) is 36.8 Å². The molecule has 5 rings (SSSR count). The van der Waals surface area contributed by atoms with Gasteiger partial charge in [-0.25, -0.2) is 0 Å². The standard InChI is InChI=1S/C42H63NO11/c1-4-30-23-33(52-41(51-30)36-18-5-7-20-38(36)47)16-11-17-34-25-35(54-42(53-34)37-19-6-8-21-39(37)48)22-29(46)13-10-15-32-24-31(14-9-12-27(2)44)49-40(50-32)26-43-28(3)45/h5-8,18-21,27,29-35,40-42,44,46-48H,4,9-17,22-26H2,1-3H3,(H,43,45)/t27-,29?,30?,31?,32?,33?,34?,35?,40?,41?,42?/m0/s1. The van der Waals surface area contributed by atoms with Crippen LogP contribution in [0.25, 0.3) is 0 Å². The number of rotatable bonds is 19. The molecule has 5 N–H and O–H groups in total. The van der Waals surface area contributed by atoms with Crippen LogP contribution in [0.4, 0.5) is 0 Å². The lowest BCUT2D eigenvalue weighted by Crippen LogP contribution is -2.44. The molecule has 12 heteroatoms. The van der Waals surface area contributed by atoms with Crippen molar-refractivity contribution in [3.8, 4) is 11.5 Å². The Labute approximate surface area is 320 Å². The summed E-state index contributed by atoms with van der Waals surface area (Å²) in [5.74, 6) is 0.129. The van der Waals surface area contributed by atoms with Gasteiger partial charge in [0.15, 0.2) is 18.9 Å². The Bertz CT molecular complexity index is 1410. The number of hydrogen-bond acceptors (Lipinski definition) is 11. The Balaban J connectivity index is 1.13. The van der Waals surface area contributed by atoms with E-state index in [-0.39, 0.29) is 66.7 Å². The highest BCUT2D eigenvalue weighted by Crippen LogP contribution is 2.39. The molecule has 12 nitrogen and oxygen atoms in total. The van der Waals surface area contributed by atoms with E-state index < -0.39 is 25.0 Å². The number of carbonyl (C=O) groups is 1. The molecule has 3 heterocycles. The van der Waals surface area contributed by atoms with Crippen LogP contribution in [0.5, 0.6) is 11.5 Å². The molecule has 3 saturated heterocycles. The monoisotopic (exact) mass is 757 g/mol. The van der Waals surface area contributed by atoms with Gasteiger partial charge < -0.3 is 54.2 Å². The molecule has 0 aromatic heterocycles. The lowest BCUT2D eigenvalue weighted by Gasteiger charge is -2.38. The summed E-state index contributed by atoms with van der Waals surface area (Å²) < 4.78 is 37.6. The number of amides is 1. The van der Waals surface area contributed by atoms with E-state index in [1.54, 1.807) is 37.3 Å². The molecule has 3 aliphatic rings. The number of phenols is 2. The quantitative estimate of drug-likeness (QED) is 0.102. The van der Waals surface area contributed by atoms with Gasteiger partial charge in [0.1, 0.15) is 11.5 Å². The number of aliphatic hydroxyl groups excluding tert-OH is 2. The first-order valence-electron chi connectivity index (χ1n) is 20.1. The van der Waals surface area contributed by atoms with Crippen molar-refractivity contribution >= 4 is 5.91 Å². The van der Waals surface area contributed by atoms with Crippen LogP contribution in [0.15, 0.2) is 48.5 Å². The molecule has 0 spiro atoms. The molecule has 10 unspecified atom stereocenters. The molecule has 2 aromatic rings. The number of hydrogen-bond donors (Lipinski definition) is 5. The number of nitrogens with one attached hydrogen (secondary N) is 1. The fourth-order valence-electron chi connectivity index (χ4n) is 7.80. The second kappa shape index (κ2) is 21.5. The van der Waals surface area contributed by atoms with Crippen LogP contribution in [0.2, 0.25) is 0 Å². The van der Waals surface area contributed by atoms with Crippen molar-refractivity contribution in [3.63, 3.8) is 0 Å². The van der Waals surface area contributed by atoms with Gasteiger partial charge in [-0.3, -0.25) is 4.79 Å². The van der Waals surface area contributed by atoms with E-state index in [1.165, 1.54) is 6.92 Å². The smallest absolute Gasteiger partial charge is 0.217 e. The predicted octanol–water partition coefficient (Wildman–Crippen LogP) is 6.83. The minimum atomic E-state index is -0.752. The van der Waals surface area contributed by atoms with Crippen LogP contribution in [-0.2, 0) is 33.2 Å². The third-order valence-electron chi connectivity index (χ3n) is 10.7. The van der Waals surface area contributed by atoms with Crippen LogP contribution in [0.3, 0.4) is 0 Å². The fraction of sp³-hybridized carbons (Fsp3) is 0.690. The summed E-state index contributed by atoms with van der Waals surface area (Å²) in [6, 6.07) is 14.2. The Morgan fingerprint density at radius 3 is 1.69 bits per heavy atom. The molecule has 3 aliphatic heterocycles. The summed E-state index contributed by atoms with van der Waals surface area (Å²) in [5, 5.41) is 44.8. The van der Waals surface area contributed by atoms with Gasteiger partial charge in [-0.05, 0) is 89.7 Å². The van der Waals surface area contributed by atoms with Crippen molar-refractivity contribution in [2.24, 2.45) is 0 Å². The predicted molar refractivity (Wildman–Crippen MR) is 201 cm³/mol. The van der Waals surface area contributed by atoms with Crippen molar-refractivity contribution in [1.82, 2.24) is 5.32 Å². The van der Waals surface area contributed by atoms with Crippen molar-refractivity contribution in [3.05, 3.63) is 59.7 Å². The number of para-hydroxylation sites is 2. The second-order valence-corrected chi connectivity index (χ2v) is 15.3. The molecular formula is C42H63NO11. The third-order valence-corrected chi connectivity index (χ3v) is 10.7. The largest absolute Gasteiger partial charge is 0.507 e. The van der Waals surface area contributed by atoms with Crippen LogP contribution in [-0.4, -0.2) is 88.0 Å². The first-order valence-corrected chi connectivity index (χ1v) is 20.1. The molecule has 1 amide bonds. The molecule has 0 aliphatic carbocycles. The average molecular weight is 758 g/mol. The maximum Gasteiger partial charge on any atom is 0.217 e. The normalized spacial score (nSPS) is 30.1. The topological polar surface area (TPSA) is 165 Å². The molecule has 0 saturated carbocycles. The number of phenolic OH excluding ortho intramolecular Hbond substituents is 2. The van der Waals surface area contributed by atoms with Gasteiger partial charge in [0.25, 0.3) is 0 Å². The molecule has 0 radical (unpaired) electrons. The van der Waals surface area contributed by atoms with Crippen molar-refractivity contribution in [2.45, 2.75) is 178 Å². The van der Waals surface area contributed by atoms with Gasteiger partial charge in [0, 0.05) is 37.3 Å². The van der Waals surface area contributed by atoms with Gasteiger partial charge in [-0.1, -0.05) is 43.3 Å². The second-order valence-electron chi connectivity index (χ2n) is 15.3. The van der Waals surface area contributed by atoms with Crippen LogP contribution >= 0.6 is 0 Å². The van der Waals surface area contributed by atoms with E-state index in [2.05, 4.69) is 12.2 Å². The van der Waals surface area contributed by atoms with E-state index in [9.17, 15) is 25.2 Å². The molecule has 11 atom stereocenters. The van der Waals surface area contributed by atoms with E-state index in [0.717, 1.165) is 64.2 Å². The van der Waals surface area contributed by atoms with Gasteiger partial charge in [-0.2, -0.15) is 0 Å². The van der Waals surface area contributed by atoms with Crippen molar-refractivity contribution in [1.29, 1.82) is 0 Å². The zero-order valence-electron chi connectivity index (χ0n) is 32.2. The van der Waals surface area contributed by atoms with E-state index in [1.807, 2.05) is 18.2 Å². The van der Waals surface area contributed by atoms with Gasteiger partial charge >= 0.3 is 0 Å². The fourth-order valence-corrected chi connectivity index (χ4v) is 7.80. The van der Waals surface area contributed by atoms with Crippen LogP contribution in [0, 0.1) is 0 Å². The summed E-state index contributed by atoms with van der Waals surface area (Å²) in [6.45, 7) is 5.63. The molecule has 54 heavy (non-hydrogen) atoms. The van der Waals surface area contributed by atoms with E-state index >= 15 is 0 Å². The first-order chi connectivity index (χ1) is 26.1. The zero-order valence-corrected chi connectivity index (χ0v) is 32.2. The first kappa shape index (κ1) is 42.3. The van der Waals surface area contributed by atoms with Gasteiger partial charge in [-0.15, -0.1) is 0 Å². The number of aliphatic hydroxyl groups is 2. The van der Waals surface area contributed by atoms with Crippen LogP contribution < -0.4 is 5.32 Å². The Morgan fingerprint density at radius 1 is 0.685 bits per heavy atom. The Kier molecular flexibility index (Phi) is 16.8. The maximum atomic E-state index is 11.5. The summed E-state index contributed by atoms with van der Waals surface area (Å²) in [4.78, 5) is 11.5. The maximum absolute atomic E-state index is 11.5. The SMILES string of the molecule is CCC1CC(CCCC2CC(CC(O)CCCC3CC(CCC[C@H](C)O)OC(CNC(C)=O)O3)OC(c3ccccc3O)O2)OC(c2ccccc2O)O1. The highest BCUT2D eigenvalue weighted by Gasteiger charge is 2.36. The zero-order chi connectivity index (χ0) is 38.5. The summed E-state index contributed by atoms with van der Waals surface area (Å²) >= 11 is 0. The lowest BCUT2D eigenvalue weighted by molar-refractivity contribution is -0.257. The third kappa shape index (κ3) is 13.4. The van der Waals surface area contributed by atoms with E-state index in [4.69, 9.17) is 28.4 Å². The number of carbonyl (C=O) groups excluding carboxylic acids is 1. The molecular weight excluding hydrogens is 694 g/mol. The number of benzene rings is 2. The number of aromatic hydroxyl groups is 2. The van der Waals surface area contributed by atoms with Gasteiger partial charge in [0.2, 0.25) is 5.91 Å².